The molecule has 15 heavy (non-hydrogen) atoms. The Balaban J connectivity index is 2.27. The van der Waals surface area contributed by atoms with Gasteiger partial charge in [-0.25, -0.2) is 4.98 Å². The van der Waals surface area contributed by atoms with Crippen LogP contribution in [0.4, 0.5) is 0 Å². The number of ether oxygens (including phenoxy) is 1. The molecule has 1 N–H and O–H groups in total. The number of fused-ring (bicyclic) bond motifs is 1. The smallest absolute Gasteiger partial charge is 0.213 e. The van der Waals surface area contributed by atoms with E-state index in [1.54, 1.807) is 0 Å². The Hall–Kier alpha value is -1.09. The predicted octanol–water partition coefficient (Wildman–Crippen LogP) is 2.08. The summed E-state index contributed by atoms with van der Waals surface area (Å²) in [7, 11) is 0. The van der Waals surface area contributed by atoms with Crippen molar-refractivity contribution in [2.45, 2.75) is 39.3 Å². The third-order valence-electron chi connectivity index (χ3n) is 2.58. The van der Waals surface area contributed by atoms with Gasteiger partial charge in [0.05, 0.1) is 11.8 Å². The van der Waals surface area contributed by atoms with Gasteiger partial charge in [0.2, 0.25) is 5.88 Å². The SMILES string of the molecule is CC(C)Oc1ccc2c(n1)C(C)CNC2. The average Bonchev–Trinajstić information content (AvgIpc) is 2.18. The van der Waals surface area contributed by atoms with Gasteiger partial charge in [0.15, 0.2) is 0 Å². The van der Waals surface area contributed by atoms with Crippen LogP contribution < -0.4 is 10.1 Å². The Morgan fingerprint density at radius 3 is 3.00 bits per heavy atom. The first-order valence-electron chi connectivity index (χ1n) is 5.54. The number of hydrogen-bond donors (Lipinski definition) is 1. The first-order chi connectivity index (χ1) is 7.16. The lowest BCUT2D eigenvalue weighted by atomic mass is 9.98. The van der Waals surface area contributed by atoms with Gasteiger partial charge in [0.1, 0.15) is 0 Å². The predicted molar refractivity (Wildman–Crippen MR) is 60.1 cm³/mol. The molecule has 1 atom stereocenters. The van der Waals surface area contributed by atoms with Crippen molar-refractivity contribution in [1.29, 1.82) is 0 Å². The van der Waals surface area contributed by atoms with Gasteiger partial charge >= 0.3 is 0 Å². The molecule has 2 rings (SSSR count). The van der Waals surface area contributed by atoms with Gasteiger partial charge in [-0.2, -0.15) is 0 Å². The van der Waals surface area contributed by atoms with E-state index in [-0.39, 0.29) is 6.10 Å². The van der Waals surface area contributed by atoms with Crippen molar-refractivity contribution in [2.24, 2.45) is 0 Å². The van der Waals surface area contributed by atoms with Crippen LogP contribution in [-0.4, -0.2) is 17.6 Å². The van der Waals surface area contributed by atoms with Crippen LogP contribution >= 0.6 is 0 Å². The molecule has 1 aromatic rings. The van der Waals surface area contributed by atoms with Crippen LogP contribution in [0.2, 0.25) is 0 Å². The molecule has 0 spiro atoms. The van der Waals surface area contributed by atoms with Crippen LogP contribution in [0, 0.1) is 0 Å². The van der Waals surface area contributed by atoms with Crippen molar-refractivity contribution in [2.75, 3.05) is 6.54 Å². The molecule has 0 saturated heterocycles. The van der Waals surface area contributed by atoms with Crippen LogP contribution in [-0.2, 0) is 6.54 Å². The normalized spacial score (nSPS) is 20.1. The summed E-state index contributed by atoms with van der Waals surface area (Å²) in [5, 5.41) is 3.37. The maximum absolute atomic E-state index is 5.60. The minimum absolute atomic E-state index is 0.188. The first-order valence-corrected chi connectivity index (χ1v) is 5.54. The molecular weight excluding hydrogens is 188 g/mol. The van der Waals surface area contributed by atoms with E-state index in [0.717, 1.165) is 19.0 Å². The summed E-state index contributed by atoms with van der Waals surface area (Å²) < 4.78 is 5.60. The largest absolute Gasteiger partial charge is 0.475 e. The minimum Gasteiger partial charge on any atom is -0.475 e. The lowest BCUT2D eigenvalue weighted by molar-refractivity contribution is 0.231. The minimum atomic E-state index is 0.188. The van der Waals surface area contributed by atoms with Crippen LogP contribution in [0.15, 0.2) is 12.1 Å². The fourth-order valence-corrected chi connectivity index (χ4v) is 1.89. The van der Waals surface area contributed by atoms with Crippen LogP contribution in [0.5, 0.6) is 5.88 Å². The van der Waals surface area contributed by atoms with Crippen molar-refractivity contribution in [3.8, 4) is 5.88 Å². The summed E-state index contributed by atoms with van der Waals surface area (Å²) >= 11 is 0. The highest BCUT2D eigenvalue weighted by Gasteiger charge is 2.18. The van der Waals surface area contributed by atoms with E-state index in [2.05, 4.69) is 23.3 Å². The van der Waals surface area contributed by atoms with Gasteiger partial charge in [-0.15, -0.1) is 0 Å². The maximum atomic E-state index is 5.60. The number of pyridine rings is 1. The summed E-state index contributed by atoms with van der Waals surface area (Å²) in [5.74, 6) is 1.22. The number of hydrogen-bond acceptors (Lipinski definition) is 3. The lowest BCUT2D eigenvalue weighted by Crippen LogP contribution is -2.27. The molecule has 0 fully saturated rings. The van der Waals surface area contributed by atoms with E-state index in [0.29, 0.717) is 5.92 Å². The van der Waals surface area contributed by atoms with Crippen molar-refractivity contribution < 1.29 is 4.74 Å². The fourth-order valence-electron chi connectivity index (χ4n) is 1.89. The number of nitrogens with zero attached hydrogens (tertiary/aromatic N) is 1. The van der Waals surface area contributed by atoms with E-state index in [4.69, 9.17) is 4.74 Å². The van der Waals surface area contributed by atoms with Gasteiger partial charge in [-0.05, 0) is 19.4 Å². The number of nitrogens with one attached hydrogen (secondary N) is 1. The van der Waals surface area contributed by atoms with Gasteiger partial charge in [-0.1, -0.05) is 13.0 Å². The summed E-state index contributed by atoms with van der Waals surface area (Å²) in [4.78, 5) is 4.57. The van der Waals surface area contributed by atoms with Crippen molar-refractivity contribution in [3.63, 3.8) is 0 Å². The molecule has 0 radical (unpaired) electrons. The summed E-state index contributed by atoms with van der Waals surface area (Å²) in [6.45, 7) is 8.16. The molecule has 2 heterocycles. The van der Waals surface area contributed by atoms with Crippen molar-refractivity contribution in [1.82, 2.24) is 10.3 Å². The van der Waals surface area contributed by atoms with E-state index in [1.807, 2.05) is 19.9 Å². The highest BCUT2D eigenvalue weighted by molar-refractivity contribution is 5.30. The first kappa shape index (κ1) is 10.4. The molecule has 1 aliphatic heterocycles. The molecule has 0 aliphatic carbocycles. The second kappa shape index (κ2) is 4.19. The monoisotopic (exact) mass is 206 g/mol. The third kappa shape index (κ3) is 2.29. The van der Waals surface area contributed by atoms with Gasteiger partial charge in [0, 0.05) is 25.1 Å². The molecule has 0 aromatic carbocycles. The van der Waals surface area contributed by atoms with Crippen molar-refractivity contribution >= 4 is 0 Å². The molecule has 1 aromatic heterocycles. The van der Waals surface area contributed by atoms with Gasteiger partial charge in [0.25, 0.3) is 0 Å². The van der Waals surface area contributed by atoms with E-state index in [9.17, 15) is 0 Å². The standard InChI is InChI=1S/C12H18N2O/c1-8(2)15-11-5-4-10-7-13-6-9(3)12(10)14-11/h4-5,8-9,13H,6-7H2,1-3H3. The van der Waals surface area contributed by atoms with Crippen LogP contribution in [0.3, 0.4) is 0 Å². The molecule has 3 nitrogen and oxygen atoms in total. The molecule has 0 saturated carbocycles. The van der Waals surface area contributed by atoms with E-state index < -0.39 is 0 Å². The summed E-state index contributed by atoms with van der Waals surface area (Å²) in [6.07, 6.45) is 0.188. The van der Waals surface area contributed by atoms with Crippen LogP contribution in [0.1, 0.15) is 37.9 Å². The zero-order valence-electron chi connectivity index (χ0n) is 9.58. The quantitative estimate of drug-likeness (QED) is 0.804. The van der Waals surface area contributed by atoms with Gasteiger partial charge < -0.3 is 10.1 Å². The Morgan fingerprint density at radius 2 is 2.27 bits per heavy atom. The van der Waals surface area contributed by atoms with E-state index >= 15 is 0 Å². The summed E-state index contributed by atoms with van der Waals surface area (Å²) in [6, 6.07) is 4.07. The Kier molecular flexibility index (Phi) is 2.91. The average molecular weight is 206 g/mol. The Labute approximate surface area is 90.9 Å². The molecule has 82 valence electrons. The zero-order chi connectivity index (χ0) is 10.8. The zero-order valence-corrected chi connectivity index (χ0v) is 9.58. The second-order valence-electron chi connectivity index (χ2n) is 4.39. The molecular formula is C12H18N2O. The van der Waals surface area contributed by atoms with E-state index in [1.165, 1.54) is 11.3 Å². The highest BCUT2D eigenvalue weighted by atomic mass is 16.5. The second-order valence-corrected chi connectivity index (χ2v) is 4.39. The maximum Gasteiger partial charge on any atom is 0.213 e. The van der Waals surface area contributed by atoms with Crippen LogP contribution in [0.25, 0.3) is 0 Å². The molecule has 1 unspecified atom stereocenters. The molecule has 0 amide bonds. The summed E-state index contributed by atoms with van der Waals surface area (Å²) in [5.41, 5.74) is 2.48. The Bertz CT molecular complexity index is 349. The molecule has 0 bridgehead atoms. The Morgan fingerprint density at radius 1 is 1.47 bits per heavy atom. The number of aromatic nitrogens is 1. The number of rotatable bonds is 2. The molecule has 1 aliphatic rings. The van der Waals surface area contributed by atoms with Crippen molar-refractivity contribution in [3.05, 3.63) is 23.4 Å². The highest BCUT2D eigenvalue weighted by Crippen LogP contribution is 2.24. The fraction of sp³-hybridized carbons (Fsp3) is 0.583. The topological polar surface area (TPSA) is 34.1 Å². The third-order valence-corrected chi connectivity index (χ3v) is 2.58. The van der Waals surface area contributed by atoms with Gasteiger partial charge in [-0.3, -0.25) is 0 Å². The molecule has 3 heteroatoms. The lowest BCUT2D eigenvalue weighted by Gasteiger charge is -2.23.